The molecule has 142 valence electrons. The Morgan fingerprint density at radius 2 is 1.93 bits per heavy atom. The number of hydrogen-bond donors (Lipinski definition) is 0. The number of halogens is 1. The van der Waals surface area contributed by atoms with Crippen LogP contribution in [-0.4, -0.2) is 36.9 Å². The summed E-state index contributed by atoms with van der Waals surface area (Å²) in [7, 11) is 1.70. The minimum atomic E-state index is -0.405. The molecule has 0 aliphatic carbocycles. The third kappa shape index (κ3) is 4.27. The molecule has 1 aliphatic rings. The number of nitrogens with zero attached hydrogens (tertiary/aromatic N) is 2. The number of hydrogen-bond acceptors (Lipinski definition) is 3. The van der Waals surface area contributed by atoms with Gasteiger partial charge in [0.1, 0.15) is 11.6 Å². The maximum absolute atomic E-state index is 13.0. The molecule has 1 aliphatic heterocycles. The molecule has 3 rings (SSSR count). The summed E-state index contributed by atoms with van der Waals surface area (Å²) in [6.07, 6.45) is 0.174. The van der Waals surface area contributed by atoms with Crippen molar-refractivity contribution in [1.82, 2.24) is 4.90 Å². The van der Waals surface area contributed by atoms with Crippen LogP contribution in [0.4, 0.5) is 10.1 Å². The van der Waals surface area contributed by atoms with E-state index in [1.165, 1.54) is 12.1 Å². The van der Waals surface area contributed by atoms with Gasteiger partial charge in [-0.15, -0.1) is 0 Å². The molecule has 1 unspecified atom stereocenters. The predicted molar refractivity (Wildman–Crippen MR) is 101 cm³/mol. The summed E-state index contributed by atoms with van der Waals surface area (Å²) in [5.74, 6) is -0.253. The SMILES string of the molecule is CCOc1ccccc1N1CC(C(=O)N(C)Cc2ccc(F)cc2)CC1=O. The summed E-state index contributed by atoms with van der Waals surface area (Å²) in [6, 6.07) is 13.4. The van der Waals surface area contributed by atoms with Crippen LogP contribution < -0.4 is 9.64 Å². The van der Waals surface area contributed by atoms with Gasteiger partial charge in [0, 0.05) is 26.6 Å². The Balaban J connectivity index is 1.69. The second-order valence-electron chi connectivity index (χ2n) is 6.63. The summed E-state index contributed by atoms with van der Waals surface area (Å²) >= 11 is 0. The molecule has 2 amide bonds. The lowest BCUT2D eigenvalue weighted by Gasteiger charge is -2.22. The molecule has 27 heavy (non-hydrogen) atoms. The van der Waals surface area contributed by atoms with Gasteiger partial charge in [0.15, 0.2) is 0 Å². The maximum atomic E-state index is 13.0. The Morgan fingerprint density at radius 3 is 2.63 bits per heavy atom. The molecule has 0 bridgehead atoms. The van der Waals surface area contributed by atoms with Crippen LogP contribution in [0, 0.1) is 11.7 Å². The second-order valence-corrected chi connectivity index (χ2v) is 6.63. The van der Waals surface area contributed by atoms with Gasteiger partial charge in [-0.2, -0.15) is 0 Å². The third-order valence-electron chi connectivity index (χ3n) is 4.64. The molecule has 1 saturated heterocycles. The van der Waals surface area contributed by atoms with Crippen LogP contribution in [0.2, 0.25) is 0 Å². The fourth-order valence-electron chi connectivity index (χ4n) is 3.32. The molecule has 1 heterocycles. The smallest absolute Gasteiger partial charge is 0.228 e. The monoisotopic (exact) mass is 370 g/mol. The van der Waals surface area contributed by atoms with Crippen LogP contribution in [0.15, 0.2) is 48.5 Å². The zero-order chi connectivity index (χ0) is 19.4. The standard InChI is InChI=1S/C21H23FN2O3/c1-3-27-19-7-5-4-6-18(19)24-14-16(12-20(24)25)21(26)23(2)13-15-8-10-17(22)11-9-15/h4-11,16H,3,12-14H2,1-2H3. The fraction of sp³-hybridized carbons (Fsp3) is 0.333. The zero-order valence-electron chi connectivity index (χ0n) is 15.5. The van der Waals surface area contributed by atoms with Gasteiger partial charge in [-0.25, -0.2) is 4.39 Å². The van der Waals surface area contributed by atoms with E-state index < -0.39 is 5.92 Å². The van der Waals surface area contributed by atoms with Gasteiger partial charge in [-0.05, 0) is 36.8 Å². The Bertz CT molecular complexity index is 822. The Morgan fingerprint density at radius 1 is 1.22 bits per heavy atom. The van der Waals surface area contributed by atoms with Crippen molar-refractivity contribution in [3.8, 4) is 5.75 Å². The largest absolute Gasteiger partial charge is 0.492 e. The van der Waals surface area contributed by atoms with Gasteiger partial charge in [-0.1, -0.05) is 24.3 Å². The van der Waals surface area contributed by atoms with Crippen LogP contribution >= 0.6 is 0 Å². The predicted octanol–water partition coefficient (Wildman–Crippen LogP) is 3.24. The van der Waals surface area contributed by atoms with E-state index in [9.17, 15) is 14.0 Å². The van der Waals surface area contributed by atoms with E-state index in [-0.39, 0.29) is 24.1 Å². The van der Waals surface area contributed by atoms with Gasteiger partial charge < -0.3 is 14.5 Å². The van der Waals surface area contributed by atoms with E-state index in [1.807, 2.05) is 31.2 Å². The number of rotatable bonds is 6. The highest BCUT2D eigenvalue weighted by molar-refractivity contribution is 6.01. The minimum absolute atomic E-state index is 0.0873. The van der Waals surface area contributed by atoms with E-state index in [0.29, 0.717) is 31.1 Å². The molecular formula is C21H23FN2O3. The van der Waals surface area contributed by atoms with Crippen LogP contribution in [0.3, 0.4) is 0 Å². The summed E-state index contributed by atoms with van der Waals surface area (Å²) in [4.78, 5) is 28.5. The first-order valence-electron chi connectivity index (χ1n) is 9.01. The second kappa shape index (κ2) is 8.20. The summed E-state index contributed by atoms with van der Waals surface area (Å²) in [6.45, 7) is 3.09. The zero-order valence-corrected chi connectivity index (χ0v) is 15.5. The molecule has 2 aromatic carbocycles. The number of benzene rings is 2. The highest BCUT2D eigenvalue weighted by Gasteiger charge is 2.37. The highest BCUT2D eigenvalue weighted by Crippen LogP contribution is 2.33. The highest BCUT2D eigenvalue weighted by atomic mass is 19.1. The normalized spacial score (nSPS) is 16.5. The van der Waals surface area contributed by atoms with Crippen LogP contribution in [0.1, 0.15) is 18.9 Å². The first kappa shape index (κ1) is 18.9. The first-order chi connectivity index (χ1) is 13.0. The van der Waals surface area contributed by atoms with Gasteiger partial charge in [0.05, 0.1) is 18.2 Å². The van der Waals surface area contributed by atoms with E-state index in [1.54, 1.807) is 29.0 Å². The quantitative estimate of drug-likeness (QED) is 0.784. The summed E-state index contributed by atoms with van der Waals surface area (Å²) in [5.41, 5.74) is 1.54. The van der Waals surface area contributed by atoms with Crippen molar-refractivity contribution in [2.24, 2.45) is 5.92 Å². The Kier molecular flexibility index (Phi) is 5.74. The number of para-hydroxylation sites is 2. The molecule has 2 aromatic rings. The Labute approximate surface area is 158 Å². The number of carbonyl (C=O) groups is 2. The van der Waals surface area contributed by atoms with E-state index in [4.69, 9.17) is 4.74 Å². The lowest BCUT2D eigenvalue weighted by Crippen LogP contribution is -2.34. The molecule has 1 atom stereocenters. The van der Waals surface area contributed by atoms with Gasteiger partial charge in [-0.3, -0.25) is 9.59 Å². The molecule has 0 N–H and O–H groups in total. The maximum Gasteiger partial charge on any atom is 0.228 e. The average Bonchev–Trinajstić information content (AvgIpc) is 3.05. The van der Waals surface area contributed by atoms with E-state index in [2.05, 4.69) is 0 Å². The lowest BCUT2D eigenvalue weighted by molar-refractivity contribution is -0.135. The number of anilines is 1. The topological polar surface area (TPSA) is 49.9 Å². The summed E-state index contributed by atoms with van der Waals surface area (Å²) < 4.78 is 18.6. The van der Waals surface area contributed by atoms with Gasteiger partial charge >= 0.3 is 0 Å². The minimum Gasteiger partial charge on any atom is -0.492 e. The van der Waals surface area contributed by atoms with Crippen molar-refractivity contribution in [1.29, 1.82) is 0 Å². The molecule has 0 saturated carbocycles. The average molecular weight is 370 g/mol. The molecule has 0 spiro atoms. The molecule has 0 aromatic heterocycles. The van der Waals surface area contributed by atoms with Crippen molar-refractivity contribution in [3.05, 3.63) is 59.9 Å². The molecule has 6 heteroatoms. The van der Waals surface area contributed by atoms with Crippen molar-refractivity contribution < 1.29 is 18.7 Å². The fourth-order valence-corrected chi connectivity index (χ4v) is 3.32. The molecular weight excluding hydrogens is 347 g/mol. The number of carbonyl (C=O) groups excluding carboxylic acids is 2. The molecule has 5 nitrogen and oxygen atoms in total. The van der Waals surface area contributed by atoms with Crippen molar-refractivity contribution >= 4 is 17.5 Å². The van der Waals surface area contributed by atoms with Crippen LogP contribution in [-0.2, 0) is 16.1 Å². The molecule has 1 fully saturated rings. The number of amides is 2. The van der Waals surface area contributed by atoms with Crippen LogP contribution in [0.25, 0.3) is 0 Å². The summed E-state index contributed by atoms with van der Waals surface area (Å²) in [5, 5.41) is 0. The van der Waals surface area contributed by atoms with Gasteiger partial charge in [0.2, 0.25) is 11.8 Å². The van der Waals surface area contributed by atoms with Crippen molar-refractivity contribution in [2.75, 3.05) is 25.1 Å². The lowest BCUT2D eigenvalue weighted by atomic mass is 10.1. The van der Waals surface area contributed by atoms with Crippen molar-refractivity contribution in [2.45, 2.75) is 19.9 Å². The van der Waals surface area contributed by atoms with E-state index in [0.717, 1.165) is 5.56 Å². The van der Waals surface area contributed by atoms with Gasteiger partial charge in [0.25, 0.3) is 0 Å². The van der Waals surface area contributed by atoms with E-state index >= 15 is 0 Å². The third-order valence-corrected chi connectivity index (χ3v) is 4.64. The number of ether oxygens (including phenoxy) is 1. The Hall–Kier alpha value is -2.89. The first-order valence-corrected chi connectivity index (χ1v) is 9.01. The van der Waals surface area contributed by atoms with Crippen molar-refractivity contribution in [3.63, 3.8) is 0 Å². The van der Waals surface area contributed by atoms with Crippen LogP contribution in [0.5, 0.6) is 5.75 Å². The molecule has 0 radical (unpaired) electrons.